The monoisotopic (exact) mass is 420 g/mol. The summed E-state index contributed by atoms with van der Waals surface area (Å²) in [4.78, 5) is 18.4. The van der Waals surface area contributed by atoms with Crippen LogP contribution in [0, 0.1) is 5.82 Å². The molecular formula is C19H22ClFN6O2. The summed E-state index contributed by atoms with van der Waals surface area (Å²) in [6.07, 6.45) is 0. The van der Waals surface area contributed by atoms with E-state index in [2.05, 4.69) is 25.3 Å². The van der Waals surface area contributed by atoms with E-state index in [1.165, 1.54) is 18.2 Å². The molecule has 4 rings (SSSR count). The molecule has 1 aromatic heterocycles. The van der Waals surface area contributed by atoms with Gasteiger partial charge in [0.2, 0.25) is 0 Å². The zero-order valence-electron chi connectivity index (χ0n) is 15.9. The zero-order chi connectivity index (χ0) is 20.2. The number of piperazine rings is 1. The molecule has 0 aliphatic carbocycles. The topological polar surface area (TPSA) is 73.8 Å². The fraction of sp³-hybridized carbons (Fsp3) is 0.421. The van der Waals surface area contributed by atoms with Crippen LogP contribution in [0.1, 0.15) is 0 Å². The van der Waals surface area contributed by atoms with Crippen molar-refractivity contribution in [2.75, 3.05) is 67.6 Å². The average Bonchev–Trinajstić information content (AvgIpc) is 2.77. The number of urea groups is 1. The van der Waals surface area contributed by atoms with Crippen LogP contribution < -0.4 is 15.1 Å². The first-order valence-corrected chi connectivity index (χ1v) is 9.90. The van der Waals surface area contributed by atoms with Crippen molar-refractivity contribution in [2.45, 2.75) is 0 Å². The van der Waals surface area contributed by atoms with Gasteiger partial charge in [-0.15, -0.1) is 10.2 Å². The summed E-state index contributed by atoms with van der Waals surface area (Å²) in [6.45, 7) is 5.46. The quantitative estimate of drug-likeness (QED) is 0.822. The minimum absolute atomic E-state index is 0.0216. The largest absolute Gasteiger partial charge is 0.378 e. The molecule has 10 heteroatoms. The molecule has 2 amide bonds. The van der Waals surface area contributed by atoms with Crippen molar-refractivity contribution in [1.29, 1.82) is 0 Å². The Kier molecular flexibility index (Phi) is 5.96. The first-order chi connectivity index (χ1) is 14.1. The molecule has 2 aliphatic heterocycles. The summed E-state index contributed by atoms with van der Waals surface area (Å²) in [5, 5.41) is 11.4. The molecule has 0 radical (unpaired) electrons. The number of aromatic nitrogens is 2. The Morgan fingerprint density at radius 2 is 1.59 bits per heavy atom. The lowest BCUT2D eigenvalue weighted by Crippen LogP contribution is -2.50. The smallest absolute Gasteiger partial charge is 0.321 e. The van der Waals surface area contributed by atoms with Gasteiger partial charge in [-0.3, -0.25) is 0 Å². The molecule has 29 heavy (non-hydrogen) atoms. The average molecular weight is 421 g/mol. The maximum Gasteiger partial charge on any atom is 0.321 e. The molecule has 2 fully saturated rings. The lowest BCUT2D eigenvalue weighted by molar-refractivity contribution is 0.122. The number of nitrogens with zero attached hydrogens (tertiary/aromatic N) is 5. The number of rotatable bonds is 3. The third kappa shape index (κ3) is 4.68. The molecule has 8 nitrogen and oxygen atoms in total. The van der Waals surface area contributed by atoms with E-state index in [0.29, 0.717) is 45.1 Å². The van der Waals surface area contributed by atoms with Gasteiger partial charge in [0.1, 0.15) is 5.82 Å². The Morgan fingerprint density at radius 3 is 2.17 bits per heavy atom. The summed E-state index contributed by atoms with van der Waals surface area (Å²) in [5.74, 6) is 1.14. The Balaban J connectivity index is 1.30. The molecule has 154 valence electrons. The molecule has 0 spiro atoms. The third-order valence-electron chi connectivity index (χ3n) is 5.03. The van der Waals surface area contributed by atoms with Crippen LogP contribution in [0.25, 0.3) is 0 Å². The number of amides is 2. The molecular weight excluding hydrogens is 399 g/mol. The summed E-state index contributed by atoms with van der Waals surface area (Å²) in [7, 11) is 0. The molecule has 0 saturated carbocycles. The fourth-order valence-corrected chi connectivity index (χ4v) is 3.54. The highest BCUT2D eigenvalue weighted by Crippen LogP contribution is 2.21. The number of carbonyl (C=O) groups is 1. The van der Waals surface area contributed by atoms with E-state index in [1.54, 1.807) is 4.90 Å². The van der Waals surface area contributed by atoms with Gasteiger partial charge in [-0.05, 0) is 30.3 Å². The minimum atomic E-state index is -0.515. The van der Waals surface area contributed by atoms with Crippen molar-refractivity contribution in [3.05, 3.63) is 41.2 Å². The number of ether oxygens (including phenoxy) is 1. The predicted octanol–water partition coefficient (Wildman–Crippen LogP) is 2.46. The summed E-state index contributed by atoms with van der Waals surface area (Å²) in [5.41, 5.74) is 0.466. The van der Waals surface area contributed by atoms with Crippen molar-refractivity contribution in [2.24, 2.45) is 0 Å². The molecule has 1 aromatic carbocycles. The Hall–Kier alpha value is -2.65. The fourth-order valence-electron chi connectivity index (χ4n) is 3.36. The number of nitrogens with one attached hydrogen (secondary N) is 1. The number of benzene rings is 1. The lowest BCUT2D eigenvalue weighted by atomic mass is 10.3. The van der Waals surface area contributed by atoms with Crippen LogP contribution in [0.5, 0.6) is 0 Å². The molecule has 3 heterocycles. The number of morpholine rings is 1. The molecule has 2 aliphatic rings. The second-order valence-corrected chi connectivity index (χ2v) is 7.29. The number of carbonyl (C=O) groups excluding carboxylic acids is 1. The van der Waals surface area contributed by atoms with Crippen molar-refractivity contribution in [1.82, 2.24) is 15.1 Å². The summed E-state index contributed by atoms with van der Waals surface area (Å²) >= 11 is 5.76. The standard InChI is InChI=1S/C19H22ClFN6O2/c20-15-13-14(1-2-16(15)21)22-19(28)27-7-5-25(6-8-27)17-3-4-18(24-23-17)26-9-11-29-12-10-26/h1-4,13H,5-12H2,(H,22,28). The van der Waals surface area contributed by atoms with Crippen molar-refractivity contribution in [3.8, 4) is 0 Å². The van der Waals surface area contributed by atoms with Gasteiger partial charge in [0.25, 0.3) is 0 Å². The van der Waals surface area contributed by atoms with Crippen molar-refractivity contribution in [3.63, 3.8) is 0 Å². The van der Waals surface area contributed by atoms with Crippen LogP contribution in [0.2, 0.25) is 5.02 Å². The molecule has 0 bridgehead atoms. The molecule has 0 atom stereocenters. The van der Waals surface area contributed by atoms with E-state index in [0.717, 1.165) is 24.7 Å². The Labute approximate surface area is 173 Å². The first kappa shape index (κ1) is 19.7. The van der Waals surface area contributed by atoms with E-state index in [9.17, 15) is 9.18 Å². The van der Waals surface area contributed by atoms with Crippen LogP contribution in [-0.4, -0.2) is 73.6 Å². The predicted molar refractivity (Wildman–Crippen MR) is 109 cm³/mol. The van der Waals surface area contributed by atoms with Crippen LogP contribution in [0.15, 0.2) is 30.3 Å². The molecule has 1 N–H and O–H groups in total. The maximum absolute atomic E-state index is 13.2. The number of halogens is 2. The highest BCUT2D eigenvalue weighted by molar-refractivity contribution is 6.31. The van der Waals surface area contributed by atoms with Crippen LogP contribution >= 0.6 is 11.6 Å². The second kappa shape index (κ2) is 8.79. The highest BCUT2D eigenvalue weighted by Gasteiger charge is 2.23. The number of anilines is 3. The van der Waals surface area contributed by atoms with Gasteiger partial charge >= 0.3 is 6.03 Å². The van der Waals surface area contributed by atoms with Crippen molar-refractivity contribution >= 4 is 35.0 Å². The van der Waals surface area contributed by atoms with Gasteiger partial charge in [-0.1, -0.05) is 11.6 Å². The molecule has 0 unspecified atom stereocenters. The van der Waals surface area contributed by atoms with Gasteiger partial charge in [-0.2, -0.15) is 0 Å². The minimum Gasteiger partial charge on any atom is -0.378 e. The number of hydrogen-bond acceptors (Lipinski definition) is 6. The van der Waals surface area contributed by atoms with E-state index in [4.69, 9.17) is 16.3 Å². The SMILES string of the molecule is O=C(Nc1ccc(F)c(Cl)c1)N1CCN(c2ccc(N3CCOCC3)nn2)CC1. The summed E-state index contributed by atoms with van der Waals surface area (Å²) < 4.78 is 18.6. The summed E-state index contributed by atoms with van der Waals surface area (Å²) in [6, 6.07) is 7.83. The second-order valence-electron chi connectivity index (χ2n) is 6.88. The Bertz CT molecular complexity index is 854. The lowest BCUT2D eigenvalue weighted by Gasteiger charge is -2.35. The van der Waals surface area contributed by atoms with Gasteiger partial charge in [-0.25, -0.2) is 9.18 Å². The van der Waals surface area contributed by atoms with Gasteiger partial charge < -0.3 is 24.8 Å². The maximum atomic E-state index is 13.2. The van der Waals surface area contributed by atoms with Crippen molar-refractivity contribution < 1.29 is 13.9 Å². The normalized spacial score (nSPS) is 17.4. The van der Waals surface area contributed by atoms with Gasteiger partial charge in [0.05, 0.1) is 18.2 Å². The van der Waals surface area contributed by atoms with Crippen LogP contribution in [0.3, 0.4) is 0 Å². The van der Waals surface area contributed by atoms with E-state index in [-0.39, 0.29) is 11.1 Å². The van der Waals surface area contributed by atoms with Gasteiger partial charge in [0.15, 0.2) is 11.6 Å². The first-order valence-electron chi connectivity index (χ1n) is 9.52. The third-order valence-corrected chi connectivity index (χ3v) is 5.32. The number of hydrogen-bond donors (Lipinski definition) is 1. The Morgan fingerprint density at radius 1 is 0.966 bits per heavy atom. The van der Waals surface area contributed by atoms with Gasteiger partial charge in [0, 0.05) is 45.0 Å². The van der Waals surface area contributed by atoms with E-state index >= 15 is 0 Å². The van der Waals surface area contributed by atoms with Crippen LogP contribution in [-0.2, 0) is 4.74 Å². The van der Waals surface area contributed by atoms with E-state index < -0.39 is 5.82 Å². The molecule has 2 aromatic rings. The zero-order valence-corrected chi connectivity index (χ0v) is 16.6. The van der Waals surface area contributed by atoms with Crippen LogP contribution in [0.4, 0.5) is 26.5 Å². The highest BCUT2D eigenvalue weighted by atomic mass is 35.5. The van der Waals surface area contributed by atoms with E-state index in [1.807, 2.05) is 12.1 Å². The molecule has 2 saturated heterocycles.